The number of thioether (sulfide) groups is 1. The first kappa shape index (κ1) is 18.1. The fourth-order valence-corrected chi connectivity index (χ4v) is 3.32. The summed E-state index contributed by atoms with van der Waals surface area (Å²) in [5, 5.41) is 15.5. The number of carboxylic acids is 1. The van der Waals surface area contributed by atoms with Crippen LogP contribution in [-0.4, -0.2) is 40.7 Å². The Morgan fingerprint density at radius 2 is 1.81 bits per heavy atom. The molecule has 0 aromatic rings. The quantitative estimate of drug-likeness (QED) is 0.729. The minimum Gasteiger partial charge on any atom is -0.481 e. The van der Waals surface area contributed by atoms with Crippen LogP contribution in [0.5, 0.6) is 0 Å². The molecular formula is C15H28N2O3S. The largest absolute Gasteiger partial charge is 0.481 e. The Morgan fingerprint density at radius 1 is 1.24 bits per heavy atom. The molecule has 1 atom stereocenters. The zero-order chi connectivity index (χ0) is 16.0. The monoisotopic (exact) mass is 316 g/mol. The second-order valence-electron chi connectivity index (χ2n) is 6.84. The third kappa shape index (κ3) is 6.59. The lowest BCUT2D eigenvalue weighted by Crippen LogP contribution is -2.51. The van der Waals surface area contributed by atoms with Gasteiger partial charge in [0.2, 0.25) is 0 Å². The van der Waals surface area contributed by atoms with E-state index in [1.807, 2.05) is 32.5 Å². The smallest absolute Gasteiger partial charge is 0.315 e. The molecule has 0 saturated heterocycles. The summed E-state index contributed by atoms with van der Waals surface area (Å²) in [6.07, 6.45) is 6.32. The molecule has 0 aromatic heterocycles. The molecule has 0 radical (unpaired) electrons. The molecule has 1 unspecified atom stereocenters. The predicted molar refractivity (Wildman–Crippen MR) is 86.7 cm³/mol. The lowest BCUT2D eigenvalue weighted by molar-refractivity contribution is -0.138. The van der Waals surface area contributed by atoms with Crippen LogP contribution in [0.25, 0.3) is 0 Å². The van der Waals surface area contributed by atoms with Crippen LogP contribution >= 0.6 is 11.8 Å². The number of carbonyl (C=O) groups excluding carboxylic acids is 1. The molecule has 5 nitrogen and oxygen atoms in total. The average molecular weight is 316 g/mol. The first-order valence-corrected chi connectivity index (χ1v) is 8.82. The van der Waals surface area contributed by atoms with Crippen molar-refractivity contribution in [2.75, 3.05) is 6.26 Å². The first-order valence-electron chi connectivity index (χ1n) is 7.54. The highest BCUT2D eigenvalue weighted by atomic mass is 32.2. The van der Waals surface area contributed by atoms with Crippen LogP contribution in [0.2, 0.25) is 0 Å². The van der Waals surface area contributed by atoms with Crippen molar-refractivity contribution < 1.29 is 14.7 Å². The summed E-state index contributed by atoms with van der Waals surface area (Å²) in [7, 11) is 0. The summed E-state index contributed by atoms with van der Waals surface area (Å²) in [6.45, 7) is 5.81. The van der Waals surface area contributed by atoms with Crippen molar-refractivity contribution in [1.82, 2.24) is 10.6 Å². The van der Waals surface area contributed by atoms with Gasteiger partial charge in [0.1, 0.15) is 0 Å². The van der Waals surface area contributed by atoms with E-state index < -0.39 is 5.97 Å². The molecule has 1 rings (SSSR count). The number of amides is 2. The van der Waals surface area contributed by atoms with Gasteiger partial charge in [0.15, 0.2) is 0 Å². The van der Waals surface area contributed by atoms with Crippen molar-refractivity contribution in [2.45, 2.75) is 70.2 Å². The van der Waals surface area contributed by atoms with E-state index in [1.165, 1.54) is 0 Å². The Morgan fingerprint density at radius 3 is 2.24 bits per heavy atom. The van der Waals surface area contributed by atoms with Gasteiger partial charge in [0.25, 0.3) is 0 Å². The molecule has 1 aliphatic carbocycles. The van der Waals surface area contributed by atoms with Crippen LogP contribution in [0.15, 0.2) is 0 Å². The van der Waals surface area contributed by atoms with E-state index in [2.05, 4.69) is 16.9 Å². The van der Waals surface area contributed by atoms with Gasteiger partial charge < -0.3 is 15.7 Å². The number of aliphatic carboxylic acids is 1. The van der Waals surface area contributed by atoms with Crippen molar-refractivity contribution in [3.8, 4) is 0 Å². The van der Waals surface area contributed by atoms with Gasteiger partial charge in [-0.3, -0.25) is 4.79 Å². The molecule has 1 aliphatic rings. The van der Waals surface area contributed by atoms with E-state index in [4.69, 9.17) is 5.11 Å². The summed E-state index contributed by atoms with van der Waals surface area (Å²) in [4.78, 5) is 23.0. The predicted octanol–water partition coefficient (Wildman–Crippen LogP) is 2.85. The second-order valence-corrected chi connectivity index (χ2v) is 7.98. The van der Waals surface area contributed by atoms with Crippen molar-refractivity contribution >= 4 is 23.8 Å². The van der Waals surface area contributed by atoms with Crippen LogP contribution < -0.4 is 10.6 Å². The zero-order valence-electron chi connectivity index (χ0n) is 13.4. The molecule has 3 N–H and O–H groups in total. The minimum absolute atomic E-state index is 0.0594. The summed E-state index contributed by atoms with van der Waals surface area (Å²) in [5.41, 5.74) is -0.285. The molecular weight excluding hydrogens is 288 g/mol. The lowest BCUT2D eigenvalue weighted by Gasteiger charge is -2.32. The van der Waals surface area contributed by atoms with Gasteiger partial charge in [-0.15, -0.1) is 0 Å². The maximum Gasteiger partial charge on any atom is 0.315 e. The van der Waals surface area contributed by atoms with E-state index in [1.54, 1.807) is 0 Å². The number of hydrogen-bond acceptors (Lipinski definition) is 3. The minimum atomic E-state index is -0.893. The standard InChI is InChI=1S/C15H28N2O3S/c1-15(2,3)12(9-13(18)19)17-14(20)16-10-5-7-11(21-4)8-6-10/h10-12H,5-9H2,1-4H3,(H,18,19)(H2,16,17,20). The number of nitrogens with one attached hydrogen (secondary N) is 2. The Hall–Kier alpha value is -0.910. The van der Waals surface area contributed by atoms with Crippen LogP contribution in [0, 0.1) is 5.41 Å². The highest BCUT2D eigenvalue weighted by Crippen LogP contribution is 2.27. The molecule has 2 amide bonds. The molecule has 0 bridgehead atoms. The Balaban J connectivity index is 2.45. The molecule has 1 fully saturated rings. The molecule has 0 heterocycles. The third-order valence-electron chi connectivity index (χ3n) is 4.07. The van der Waals surface area contributed by atoms with Crippen LogP contribution in [0.1, 0.15) is 52.9 Å². The molecule has 0 aromatic carbocycles. The van der Waals surface area contributed by atoms with Gasteiger partial charge in [-0.2, -0.15) is 11.8 Å². The number of urea groups is 1. The van der Waals surface area contributed by atoms with E-state index >= 15 is 0 Å². The molecule has 122 valence electrons. The Kier molecular flexibility index (Phi) is 6.84. The number of rotatable bonds is 5. The molecule has 0 spiro atoms. The summed E-state index contributed by atoms with van der Waals surface area (Å²) in [5.74, 6) is -0.893. The topological polar surface area (TPSA) is 78.4 Å². The fraction of sp³-hybridized carbons (Fsp3) is 0.867. The number of hydrogen-bond donors (Lipinski definition) is 3. The van der Waals surface area contributed by atoms with E-state index in [-0.39, 0.29) is 30.0 Å². The van der Waals surface area contributed by atoms with E-state index in [0.717, 1.165) is 25.7 Å². The fourth-order valence-electron chi connectivity index (χ4n) is 2.58. The van der Waals surface area contributed by atoms with Gasteiger partial charge in [-0.05, 0) is 37.4 Å². The average Bonchev–Trinajstić information content (AvgIpc) is 2.37. The maximum atomic E-state index is 12.1. The van der Waals surface area contributed by atoms with Crippen molar-refractivity contribution in [1.29, 1.82) is 0 Å². The van der Waals surface area contributed by atoms with Gasteiger partial charge in [-0.25, -0.2) is 4.79 Å². The highest BCUT2D eigenvalue weighted by Gasteiger charge is 2.29. The molecule has 6 heteroatoms. The SMILES string of the molecule is CSC1CCC(NC(=O)NC(CC(=O)O)C(C)(C)C)CC1. The van der Waals surface area contributed by atoms with Gasteiger partial charge in [0.05, 0.1) is 6.42 Å². The van der Waals surface area contributed by atoms with Crippen molar-refractivity contribution in [2.24, 2.45) is 5.41 Å². The molecule has 1 saturated carbocycles. The van der Waals surface area contributed by atoms with Crippen molar-refractivity contribution in [3.63, 3.8) is 0 Å². The Labute approximate surface area is 131 Å². The number of carboxylic acid groups (broad SMARTS) is 1. The van der Waals surface area contributed by atoms with Gasteiger partial charge >= 0.3 is 12.0 Å². The maximum absolute atomic E-state index is 12.1. The number of carbonyl (C=O) groups is 2. The highest BCUT2D eigenvalue weighted by molar-refractivity contribution is 7.99. The first-order chi connectivity index (χ1) is 9.72. The van der Waals surface area contributed by atoms with Crippen LogP contribution in [-0.2, 0) is 4.79 Å². The van der Waals surface area contributed by atoms with E-state index in [9.17, 15) is 9.59 Å². The van der Waals surface area contributed by atoms with Crippen molar-refractivity contribution in [3.05, 3.63) is 0 Å². The van der Waals surface area contributed by atoms with Crippen LogP contribution in [0.3, 0.4) is 0 Å². The zero-order valence-corrected chi connectivity index (χ0v) is 14.3. The molecule has 0 aliphatic heterocycles. The van der Waals surface area contributed by atoms with Gasteiger partial charge in [-0.1, -0.05) is 20.8 Å². The lowest BCUT2D eigenvalue weighted by atomic mass is 9.85. The normalized spacial score (nSPS) is 24.2. The van der Waals surface area contributed by atoms with E-state index in [0.29, 0.717) is 5.25 Å². The van der Waals surface area contributed by atoms with Crippen LogP contribution in [0.4, 0.5) is 4.79 Å². The summed E-state index contributed by atoms with van der Waals surface area (Å²) in [6, 6.07) is -0.417. The van der Waals surface area contributed by atoms with Gasteiger partial charge in [0, 0.05) is 17.3 Å². The molecule has 21 heavy (non-hydrogen) atoms. The third-order valence-corrected chi connectivity index (χ3v) is 5.21. The Bertz CT molecular complexity index is 360. The second kappa shape index (κ2) is 7.92. The summed E-state index contributed by atoms with van der Waals surface area (Å²) >= 11 is 1.89. The summed E-state index contributed by atoms with van der Waals surface area (Å²) < 4.78 is 0.